The van der Waals surface area contributed by atoms with Gasteiger partial charge in [-0.3, -0.25) is 0 Å². The summed E-state index contributed by atoms with van der Waals surface area (Å²) in [6.45, 7) is 3.11. The number of hydrogen-bond donors (Lipinski definition) is 1. The minimum Gasteiger partial charge on any atom is -0.464 e. The van der Waals surface area contributed by atoms with Crippen LogP contribution in [0.15, 0.2) is 0 Å². The molecular weight excluding hydrogens is 191 g/mol. The third kappa shape index (κ3) is 4.02. The van der Waals surface area contributed by atoms with E-state index in [-0.39, 0.29) is 19.6 Å². The van der Waals surface area contributed by atoms with Crippen molar-refractivity contribution in [3.05, 3.63) is 0 Å². The van der Waals surface area contributed by atoms with Gasteiger partial charge in [0.05, 0.1) is 6.61 Å². The van der Waals surface area contributed by atoms with E-state index in [1.807, 2.05) is 0 Å². The van der Waals surface area contributed by atoms with Gasteiger partial charge in [0.25, 0.3) is 0 Å². The molecule has 1 N–H and O–H groups in total. The smallest absolute Gasteiger partial charge is 0.343 e. The Morgan fingerprint density at radius 2 is 2.21 bits per heavy atom. The molecule has 0 aliphatic carbocycles. The molecule has 0 aliphatic heterocycles. The molecule has 0 aromatic heterocycles. The van der Waals surface area contributed by atoms with Crippen molar-refractivity contribution in [2.24, 2.45) is 0 Å². The van der Waals surface area contributed by atoms with Crippen LogP contribution in [0.1, 0.15) is 20.3 Å². The molecule has 0 aliphatic rings. The van der Waals surface area contributed by atoms with Gasteiger partial charge in [-0.05, 0) is 13.8 Å². The molecule has 84 valence electrons. The van der Waals surface area contributed by atoms with Crippen molar-refractivity contribution in [2.75, 3.05) is 20.3 Å². The first kappa shape index (κ1) is 13.3. The molecular formula is C9H17FO4. The maximum atomic E-state index is 13.3. The van der Waals surface area contributed by atoms with E-state index < -0.39 is 17.7 Å². The molecule has 0 bridgehead atoms. The zero-order valence-corrected chi connectivity index (χ0v) is 8.75. The summed E-state index contributed by atoms with van der Waals surface area (Å²) in [5.74, 6) is -1.03. The average Bonchev–Trinajstić information content (AvgIpc) is 2.14. The molecule has 0 fully saturated rings. The highest BCUT2D eigenvalue weighted by Crippen LogP contribution is 2.19. The summed E-state index contributed by atoms with van der Waals surface area (Å²) in [6, 6.07) is 0. The van der Waals surface area contributed by atoms with Crippen LogP contribution < -0.4 is 0 Å². The number of methoxy groups -OCH3 is 1. The lowest BCUT2D eigenvalue weighted by Gasteiger charge is -2.25. The van der Waals surface area contributed by atoms with Crippen molar-refractivity contribution in [3.63, 3.8) is 0 Å². The summed E-state index contributed by atoms with van der Waals surface area (Å²) in [6.07, 6.45) is -1.98. The Labute approximate surface area is 83.0 Å². The standard InChI is InChI=1S/C9H17FO4/c1-4-14-8(11)7(10)9(2,12)5-6-13-3/h7,12H,4-6H2,1-3H3. The van der Waals surface area contributed by atoms with E-state index in [1.54, 1.807) is 6.92 Å². The van der Waals surface area contributed by atoms with Crippen LogP contribution in [0.4, 0.5) is 4.39 Å². The van der Waals surface area contributed by atoms with Gasteiger partial charge in [-0.15, -0.1) is 0 Å². The van der Waals surface area contributed by atoms with Gasteiger partial charge in [0, 0.05) is 20.1 Å². The summed E-state index contributed by atoms with van der Waals surface area (Å²) in [5, 5.41) is 9.56. The van der Waals surface area contributed by atoms with Crippen molar-refractivity contribution < 1.29 is 23.8 Å². The highest BCUT2D eigenvalue weighted by atomic mass is 19.1. The van der Waals surface area contributed by atoms with Crippen molar-refractivity contribution >= 4 is 5.97 Å². The third-order valence-corrected chi connectivity index (χ3v) is 1.85. The number of esters is 1. The zero-order valence-electron chi connectivity index (χ0n) is 8.75. The highest BCUT2D eigenvalue weighted by molar-refractivity contribution is 5.75. The summed E-state index contributed by atoms with van der Waals surface area (Å²) in [5.41, 5.74) is -1.73. The molecule has 0 radical (unpaired) electrons. The van der Waals surface area contributed by atoms with E-state index in [9.17, 15) is 14.3 Å². The van der Waals surface area contributed by atoms with Crippen molar-refractivity contribution in [1.29, 1.82) is 0 Å². The molecule has 0 heterocycles. The topological polar surface area (TPSA) is 55.8 Å². The molecule has 0 aromatic carbocycles. The van der Waals surface area contributed by atoms with E-state index >= 15 is 0 Å². The number of rotatable bonds is 6. The number of alkyl halides is 1. The molecule has 0 rings (SSSR count). The first-order valence-corrected chi connectivity index (χ1v) is 4.47. The lowest BCUT2D eigenvalue weighted by atomic mass is 9.97. The Bertz CT molecular complexity index is 182. The minimum absolute atomic E-state index is 0.0451. The second-order valence-corrected chi connectivity index (χ2v) is 3.21. The highest BCUT2D eigenvalue weighted by Gasteiger charge is 2.38. The quantitative estimate of drug-likeness (QED) is 0.652. The van der Waals surface area contributed by atoms with Crippen molar-refractivity contribution in [3.8, 4) is 0 Å². The largest absolute Gasteiger partial charge is 0.464 e. The van der Waals surface area contributed by atoms with Gasteiger partial charge >= 0.3 is 5.97 Å². The van der Waals surface area contributed by atoms with E-state index in [0.29, 0.717) is 0 Å². The predicted molar refractivity (Wildman–Crippen MR) is 48.6 cm³/mol. The Kier molecular flexibility index (Phi) is 5.64. The number of aliphatic hydroxyl groups is 1. The van der Waals surface area contributed by atoms with Gasteiger partial charge in [-0.2, -0.15) is 0 Å². The molecule has 0 amide bonds. The fraction of sp³-hybridized carbons (Fsp3) is 0.889. The van der Waals surface area contributed by atoms with Crippen LogP contribution in [0.25, 0.3) is 0 Å². The normalized spacial score (nSPS) is 17.2. The second kappa shape index (κ2) is 5.93. The van der Waals surface area contributed by atoms with Crippen molar-refractivity contribution in [2.45, 2.75) is 32.0 Å². The molecule has 0 aromatic rings. The minimum atomic E-state index is -2.03. The van der Waals surface area contributed by atoms with Gasteiger partial charge in [-0.25, -0.2) is 9.18 Å². The van der Waals surface area contributed by atoms with Crippen LogP contribution in [-0.2, 0) is 14.3 Å². The summed E-state index contributed by atoms with van der Waals surface area (Å²) in [7, 11) is 1.44. The zero-order chi connectivity index (χ0) is 11.2. The monoisotopic (exact) mass is 208 g/mol. The summed E-state index contributed by atoms with van der Waals surface area (Å²) in [4.78, 5) is 11.0. The Balaban J connectivity index is 4.18. The van der Waals surface area contributed by atoms with Crippen LogP contribution in [0.2, 0.25) is 0 Å². The average molecular weight is 208 g/mol. The summed E-state index contributed by atoms with van der Waals surface area (Å²) < 4.78 is 22.4. The molecule has 2 atom stereocenters. The lowest BCUT2D eigenvalue weighted by Crippen LogP contribution is -2.43. The first-order chi connectivity index (χ1) is 6.45. The first-order valence-electron chi connectivity index (χ1n) is 4.47. The van der Waals surface area contributed by atoms with Gasteiger partial charge in [0.2, 0.25) is 6.17 Å². The fourth-order valence-corrected chi connectivity index (χ4v) is 0.905. The van der Waals surface area contributed by atoms with E-state index in [0.717, 1.165) is 0 Å². The van der Waals surface area contributed by atoms with Gasteiger partial charge in [-0.1, -0.05) is 0 Å². The SMILES string of the molecule is CCOC(=O)C(F)C(C)(O)CCOC. The molecule has 2 unspecified atom stereocenters. The molecule has 0 spiro atoms. The number of ether oxygens (including phenoxy) is 2. The molecule has 0 saturated carbocycles. The second-order valence-electron chi connectivity index (χ2n) is 3.21. The van der Waals surface area contributed by atoms with E-state index in [2.05, 4.69) is 9.47 Å². The third-order valence-electron chi connectivity index (χ3n) is 1.85. The summed E-state index contributed by atoms with van der Waals surface area (Å²) >= 11 is 0. The predicted octanol–water partition coefficient (Wildman–Crippen LogP) is 0.675. The molecule has 14 heavy (non-hydrogen) atoms. The Morgan fingerprint density at radius 3 is 2.64 bits per heavy atom. The van der Waals surface area contributed by atoms with Gasteiger partial charge < -0.3 is 14.6 Å². The van der Waals surface area contributed by atoms with Crippen LogP contribution in [0.3, 0.4) is 0 Å². The molecule has 5 heteroatoms. The lowest BCUT2D eigenvalue weighted by molar-refractivity contribution is -0.160. The maximum absolute atomic E-state index is 13.3. The van der Waals surface area contributed by atoms with Crippen LogP contribution in [0, 0.1) is 0 Å². The maximum Gasteiger partial charge on any atom is 0.343 e. The fourth-order valence-electron chi connectivity index (χ4n) is 0.905. The number of halogens is 1. The number of carbonyl (C=O) groups is 1. The van der Waals surface area contributed by atoms with Gasteiger partial charge in [0.15, 0.2) is 0 Å². The van der Waals surface area contributed by atoms with Crippen LogP contribution in [0.5, 0.6) is 0 Å². The molecule has 4 nitrogen and oxygen atoms in total. The number of hydrogen-bond acceptors (Lipinski definition) is 4. The Hall–Kier alpha value is -0.680. The van der Waals surface area contributed by atoms with Gasteiger partial charge in [0.1, 0.15) is 5.60 Å². The van der Waals surface area contributed by atoms with E-state index in [4.69, 9.17) is 0 Å². The molecule has 0 saturated heterocycles. The van der Waals surface area contributed by atoms with Crippen LogP contribution in [-0.4, -0.2) is 43.2 Å². The van der Waals surface area contributed by atoms with E-state index in [1.165, 1.54) is 14.0 Å². The van der Waals surface area contributed by atoms with Crippen molar-refractivity contribution in [1.82, 2.24) is 0 Å². The Morgan fingerprint density at radius 1 is 1.64 bits per heavy atom. The van der Waals surface area contributed by atoms with Crippen LogP contribution >= 0.6 is 0 Å². The number of carbonyl (C=O) groups excluding carboxylic acids is 1.